The van der Waals surface area contributed by atoms with Gasteiger partial charge in [-0.3, -0.25) is 5.41 Å². The summed E-state index contributed by atoms with van der Waals surface area (Å²) < 4.78 is 5.91. The molecule has 4 heteroatoms. The number of ether oxygens (including phenoxy) is 1. The molecule has 0 atom stereocenters. The molecule has 3 rings (SSSR count). The summed E-state index contributed by atoms with van der Waals surface area (Å²) in [5.74, 6) is 1.19. The van der Waals surface area contributed by atoms with Gasteiger partial charge in [-0.25, -0.2) is 0 Å². The van der Waals surface area contributed by atoms with Gasteiger partial charge in [-0.05, 0) is 61.1 Å². The van der Waals surface area contributed by atoms with Gasteiger partial charge < -0.3 is 10.5 Å². The van der Waals surface area contributed by atoms with Gasteiger partial charge in [0.2, 0.25) is 0 Å². The summed E-state index contributed by atoms with van der Waals surface area (Å²) in [7, 11) is 0. The summed E-state index contributed by atoms with van der Waals surface area (Å²) in [6, 6.07) is 11.5. The van der Waals surface area contributed by atoms with Crippen LogP contribution >= 0.6 is 11.6 Å². The molecule has 108 valence electrons. The Bertz CT molecular complexity index is 697. The van der Waals surface area contributed by atoms with Gasteiger partial charge in [-0.15, -0.1) is 0 Å². The summed E-state index contributed by atoms with van der Waals surface area (Å²) in [4.78, 5) is 0. The highest BCUT2D eigenvalue weighted by Crippen LogP contribution is 2.32. The normalized spacial score (nSPS) is 13.6. The van der Waals surface area contributed by atoms with E-state index in [1.807, 2.05) is 6.07 Å². The third kappa shape index (κ3) is 2.88. The fraction of sp³-hybridized carbons (Fsp3) is 0.235. The number of hydrogen-bond donors (Lipinski definition) is 2. The molecule has 0 saturated heterocycles. The maximum absolute atomic E-state index is 7.65. The number of amidine groups is 1. The molecule has 0 saturated carbocycles. The molecule has 2 aromatic carbocycles. The molecule has 0 spiro atoms. The molecule has 3 nitrogen and oxygen atoms in total. The van der Waals surface area contributed by atoms with Crippen molar-refractivity contribution in [3.05, 3.63) is 58.1 Å². The van der Waals surface area contributed by atoms with Gasteiger partial charge in [0, 0.05) is 0 Å². The number of benzene rings is 2. The van der Waals surface area contributed by atoms with Crippen molar-refractivity contribution in [3.63, 3.8) is 0 Å². The third-order valence-electron chi connectivity index (χ3n) is 3.79. The second-order valence-electron chi connectivity index (χ2n) is 5.27. The number of rotatable bonds is 3. The zero-order valence-corrected chi connectivity index (χ0v) is 12.4. The molecular weight excluding hydrogens is 284 g/mol. The summed E-state index contributed by atoms with van der Waals surface area (Å²) in [5.41, 5.74) is 8.80. The van der Waals surface area contributed by atoms with E-state index < -0.39 is 0 Å². The summed E-state index contributed by atoms with van der Waals surface area (Å²) in [6.07, 6.45) is 4.73. The number of nitrogens with two attached hydrogens (primary N) is 1. The third-order valence-corrected chi connectivity index (χ3v) is 4.11. The molecule has 0 heterocycles. The Morgan fingerprint density at radius 2 is 1.86 bits per heavy atom. The van der Waals surface area contributed by atoms with E-state index in [0.29, 0.717) is 16.3 Å². The lowest BCUT2D eigenvalue weighted by atomic mass is 9.92. The summed E-state index contributed by atoms with van der Waals surface area (Å²) >= 11 is 6.11. The first kappa shape index (κ1) is 14.0. The van der Waals surface area contributed by atoms with E-state index in [1.54, 1.807) is 18.2 Å². The van der Waals surface area contributed by atoms with Gasteiger partial charge in [-0.1, -0.05) is 23.7 Å². The highest BCUT2D eigenvalue weighted by atomic mass is 35.5. The maximum atomic E-state index is 7.65. The van der Waals surface area contributed by atoms with Crippen molar-refractivity contribution in [2.75, 3.05) is 0 Å². The summed E-state index contributed by atoms with van der Waals surface area (Å²) in [6.45, 7) is 0. The maximum Gasteiger partial charge on any atom is 0.139 e. The van der Waals surface area contributed by atoms with Crippen molar-refractivity contribution >= 4 is 17.4 Å². The standard InChI is InChI=1S/C17H17ClN2O/c18-14-6-3-7-15(16(14)17(19)20)21-13-9-8-11-4-1-2-5-12(11)10-13/h3,6-10H,1-2,4-5H2,(H3,19,20). The van der Waals surface area contributed by atoms with Crippen LogP contribution in [0.1, 0.15) is 29.5 Å². The van der Waals surface area contributed by atoms with Crippen molar-refractivity contribution in [1.29, 1.82) is 5.41 Å². The monoisotopic (exact) mass is 300 g/mol. The van der Waals surface area contributed by atoms with Crippen LogP contribution in [0.4, 0.5) is 0 Å². The molecule has 0 fully saturated rings. The Balaban J connectivity index is 1.94. The molecule has 0 unspecified atom stereocenters. The minimum atomic E-state index is -0.0893. The Labute approximate surface area is 129 Å². The molecule has 0 amide bonds. The van der Waals surface area contributed by atoms with Crippen molar-refractivity contribution in [2.45, 2.75) is 25.7 Å². The highest BCUT2D eigenvalue weighted by molar-refractivity contribution is 6.34. The minimum absolute atomic E-state index is 0.0893. The van der Waals surface area contributed by atoms with Crippen LogP contribution < -0.4 is 10.5 Å². The van der Waals surface area contributed by atoms with Gasteiger partial charge in [-0.2, -0.15) is 0 Å². The number of hydrogen-bond acceptors (Lipinski definition) is 2. The SMILES string of the molecule is N=C(N)c1c(Cl)cccc1Oc1ccc2c(c1)CCCC2. The fourth-order valence-corrected chi connectivity index (χ4v) is 3.02. The van der Waals surface area contributed by atoms with Crippen molar-refractivity contribution in [1.82, 2.24) is 0 Å². The number of halogens is 1. The minimum Gasteiger partial charge on any atom is -0.457 e. The molecule has 1 aliphatic carbocycles. The molecule has 1 aliphatic rings. The molecule has 0 aliphatic heterocycles. The Morgan fingerprint density at radius 1 is 1.10 bits per heavy atom. The van der Waals surface area contributed by atoms with Crippen LogP contribution in [-0.4, -0.2) is 5.84 Å². The van der Waals surface area contributed by atoms with Crippen molar-refractivity contribution in [2.24, 2.45) is 5.73 Å². The van der Waals surface area contributed by atoms with Gasteiger partial charge in [0.25, 0.3) is 0 Å². The fourth-order valence-electron chi connectivity index (χ4n) is 2.75. The van der Waals surface area contributed by atoms with Gasteiger partial charge in [0.1, 0.15) is 17.3 Å². The molecule has 2 aromatic rings. The largest absolute Gasteiger partial charge is 0.457 e. The molecule has 0 bridgehead atoms. The van der Waals surface area contributed by atoms with Crippen LogP contribution in [0.15, 0.2) is 36.4 Å². The van der Waals surface area contributed by atoms with Crippen LogP contribution in [-0.2, 0) is 12.8 Å². The smallest absolute Gasteiger partial charge is 0.139 e. The van der Waals surface area contributed by atoms with E-state index >= 15 is 0 Å². The number of fused-ring (bicyclic) bond motifs is 1. The van der Waals surface area contributed by atoms with E-state index in [9.17, 15) is 0 Å². The molecule has 0 radical (unpaired) electrons. The first-order valence-electron chi connectivity index (χ1n) is 7.08. The second kappa shape index (κ2) is 5.78. The highest BCUT2D eigenvalue weighted by Gasteiger charge is 2.14. The summed E-state index contributed by atoms with van der Waals surface area (Å²) in [5, 5.41) is 8.08. The Kier molecular flexibility index (Phi) is 3.84. The van der Waals surface area contributed by atoms with Crippen LogP contribution in [0.2, 0.25) is 5.02 Å². The van der Waals surface area contributed by atoms with Crippen LogP contribution in [0.25, 0.3) is 0 Å². The number of aryl methyl sites for hydroxylation is 2. The molecule has 21 heavy (non-hydrogen) atoms. The average molecular weight is 301 g/mol. The van der Waals surface area contributed by atoms with Crippen LogP contribution in [0.3, 0.4) is 0 Å². The van der Waals surface area contributed by atoms with Crippen molar-refractivity contribution < 1.29 is 4.74 Å². The Morgan fingerprint density at radius 3 is 2.62 bits per heavy atom. The first-order chi connectivity index (χ1) is 10.1. The van der Waals surface area contributed by atoms with E-state index in [-0.39, 0.29) is 5.84 Å². The van der Waals surface area contributed by atoms with E-state index in [0.717, 1.165) is 18.6 Å². The number of nitrogens with one attached hydrogen (secondary N) is 1. The predicted molar refractivity (Wildman–Crippen MR) is 85.6 cm³/mol. The zero-order chi connectivity index (χ0) is 14.8. The van der Waals surface area contributed by atoms with Gasteiger partial charge in [0.15, 0.2) is 0 Å². The Hall–Kier alpha value is -2.00. The predicted octanol–water partition coefficient (Wildman–Crippen LogP) is 4.30. The quantitative estimate of drug-likeness (QED) is 0.656. The van der Waals surface area contributed by atoms with Crippen LogP contribution in [0, 0.1) is 5.41 Å². The van der Waals surface area contributed by atoms with E-state index in [1.165, 1.54) is 24.0 Å². The van der Waals surface area contributed by atoms with E-state index in [4.69, 9.17) is 27.5 Å². The zero-order valence-electron chi connectivity index (χ0n) is 11.7. The molecule has 0 aromatic heterocycles. The molecule has 3 N–H and O–H groups in total. The first-order valence-corrected chi connectivity index (χ1v) is 7.45. The van der Waals surface area contributed by atoms with Crippen LogP contribution in [0.5, 0.6) is 11.5 Å². The molecular formula is C17H17ClN2O. The lowest BCUT2D eigenvalue weighted by molar-refractivity contribution is 0.479. The van der Waals surface area contributed by atoms with Gasteiger partial charge in [0.05, 0.1) is 10.6 Å². The second-order valence-corrected chi connectivity index (χ2v) is 5.67. The average Bonchev–Trinajstić information content (AvgIpc) is 2.47. The lowest BCUT2D eigenvalue weighted by Crippen LogP contribution is -2.13. The topological polar surface area (TPSA) is 59.1 Å². The van der Waals surface area contributed by atoms with Gasteiger partial charge >= 0.3 is 0 Å². The van der Waals surface area contributed by atoms with E-state index in [2.05, 4.69) is 12.1 Å². The lowest BCUT2D eigenvalue weighted by Gasteiger charge is -2.17. The number of nitrogen functional groups attached to an aromatic ring is 1. The van der Waals surface area contributed by atoms with Crippen molar-refractivity contribution in [3.8, 4) is 11.5 Å².